The molecule has 1 rings (SSSR count). The summed E-state index contributed by atoms with van der Waals surface area (Å²) in [5.41, 5.74) is 0.334. The van der Waals surface area contributed by atoms with Gasteiger partial charge in [-0.25, -0.2) is 4.98 Å². The zero-order chi connectivity index (χ0) is 10.6. The van der Waals surface area contributed by atoms with Gasteiger partial charge in [0.2, 0.25) is 0 Å². The number of nitrogens with one attached hydrogen (secondary N) is 1. The number of hydrogen-bond acceptors (Lipinski definition) is 4. The zero-order valence-corrected chi connectivity index (χ0v) is 8.24. The molecule has 0 aromatic carbocycles. The largest absolute Gasteiger partial charge is 0.396 e. The maximum absolute atomic E-state index is 11.0. The molecule has 0 aliphatic rings. The van der Waals surface area contributed by atoms with Gasteiger partial charge in [-0.15, -0.1) is 0 Å². The second-order valence-corrected chi connectivity index (χ2v) is 4.48. The molecular weight excluding hydrogens is 208 g/mol. The average Bonchev–Trinajstić information content (AvgIpc) is 2.55. The van der Waals surface area contributed by atoms with E-state index in [1.807, 2.05) is 0 Å². The molecule has 1 aromatic rings. The third kappa shape index (κ3) is 2.79. The first-order valence-electron chi connectivity index (χ1n) is 4.11. The van der Waals surface area contributed by atoms with E-state index in [4.69, 9.17) is 9.66 Å². The van der Waals surface area contributed by atoms with Gasteiger partial charge < -0.3 is 10.1 Å². The van der Waals surface area contributed by atoms with Crippen molar-refractivity contribution >= 4 is 10.1 Å². The molecule has 0 fully saturated rings. The van der Waals surface area contributed by atoms with E-state index >= 15 is 0 Å². The first-order chi connectivity index (χ1) is 6.55. The lowest BCUT2D eigenvalue weighted by Gasteiger charge is -2.10. The molecule has 0 saturated carbocycles. The van der Waals surface area contributed by atoms with Gasteiger partial charge in [0.05, 0.1) is 12.0 Å². The summed E-state index contributed by atoms with van der Waals surface area (Å²) in [7, 11) is -4.14. The minimum Gasteiger partial charge on any atom is -0.396 e. The van der Waals surface area contributed by atoms with Gasteiger partial charge >= 0.3 is 0 Å². The Kier molecular flexibility index (Phi) is 3.62. The molecule has 7 heteroatoms. The average molecular weight is 220 g/mol. The fourth-order valence-electron chi connectivity index (χ4n) is 1.18. The van der Waals surface area contributed by atoms with Crippen LogP contribution in [0.2, 0.25) is 0 Å². The lowest BCUT2D eigenvalue weighted by molar-refractivity contribution is 0.282. The van der Waals surface area contributed by atoms with Gasteiger partial charge in [-0.3, -0.25) is 4.55 Å². The summed E-state index contributed by atoms with van der Waals surface area (Å²) in [6.07, 6.45) is 3.16. The van der Waals surface area contributed by atoms with E-state index in [9.17, 15) is 8.42 Å². The van der Waals surface area contributed by atoms with Crippen molar-refractivity contribution < 1.29 is 18.1 Å². The Labute approximate surface area is 81.7 Å². The van der Waals surface area contributed by atoms with E-state index in [1.54, 1.807) is 0 Å². The van der Waals surface area contributed by atoms with Gasteiger partial charge in [-0.2, -0.15) is 8.42 Å². The number of nitrogens with zero attached hydrogens (tertiary/aromatic N) is 1. The number of hydrogen-bond donors (Lipinski definition) is 3. The normalized spacial score (nSPS) is 14.1. The van der Waals surface area contributed by atoms with Crippen molar-refractivity contribution in [2.45, 2.75) is 18.1 Å². The topological polar surface area (TPSA) is 103 Å². The first kappa shape index (κ1) is 11.2. The number of aliphatic hydroxyl groups is 1. The van der Waals surface area contributed by atoms with Crippen LogP contribution in [0.5, 0.6) is 0 Å². The molecule has 0 radical (unpaired) electrons. The third-order valence-corrected chi connectivity index (χ3v) is 3.06. The Hall–Kier alpha value is -0.920. The van der Waals surface area contributed by atoms with E-state index < -0.39 is 15.4 Å². The van der Waals surface area contributed by atoms with Crippen molar-refractivity contribution in [3.05, 3.63) is 18.2 Å². The van der Waals surface area contributed by atoms with Crippen LogP contribution in [0.15, 0.2) is 12.5 Å². The highest BCUT2D eigenvalue weighted by molar-refractivity contribution is 7.86. The number of imidazole rings is 1. The molecule has 0 aliphatic heterocycles. The van der Waals surface area contributed by atoms with Crippen LogP contribution in [-0.4, -0.2) is 34.7 Å². The van der Waals surface area contributed by atoms with E-state index in [0.717, 1.165) is 0 Å². The van der Waals surface area contributed by atoms with Crippen LogP contribution >= 0.6 is 0 Å². The standard InChI is InChI=1S/C7H12N2O4S/c10-3-1-2-7(14(11,12)13)6-4-8-5-9-6/h4-5,7,10H,1-3H2,(H,8,9)(H,11,12,13). The van der Waals surface area contributed by atoms with Gasteiger partial charge in [-0.05, 0) is 12.8 Å². The fourth-order valence-corrected chi connectivity index (χ4v) is 2.10. The van der Waals surface area contributed by atoms with Crippen molar-refractivity contribution in [1.82, 2.24) is 9.97 Å². The van der Waals surface area contributed by atoms with Crippen LogP contribution in [0.4, 0.5) is 0 Å². The Morgan fingerprint density at radius 3 is 2.71 bits per heavy atom. The van der Waals surface area contributed by atoms with Crippen LogP contribution in [0.3, 0.4) is 0 Å². The van der Waals surface area contributed by atoms with Crippen LogP contribution in [-0.2, 0) is 10.1 Å². The summed E-state index contributed by atoms with van der Waals surface area (Å²) >= 11 is 0. The van der Waals surface area contributed by atoms with Gasteiger partial charge in [0, 0.05) is 12.8 Å². The number of aromatic amines is 1. The van der Waals surface area contributed by atoms with Gasteiger partial charge in [0.25, 0.3) is 10.1 Å². The monoisotopic (exact) mass is 220 g/mol. The molecule has 80 valence electrons. The summed E-state index contributed by atoms with van der Waals surface area (Å²) < 4.78 is 30.8. The zero-order valence-electron chi connectivity index (χ0n) is 7.42. The Morgan fingerprint density at radius 1 is 1.57 bits per heavy atom. The van der Waals surface area contributed by atoms with Crippen molar-refractivity contribution in [1.29, 1.82) is 0 Å². The number of aliphatic hydroxyl groups excluding tert-OH is 1. The molecule has 0 spiro atoms. The van der Waals surface area contributed by atoms with Crippen LogP contribution in [0.25, 0.3) is 0 Å². The minimum atomic E-state index is -4.14. The Bertz CT molecular complexity index is 359. The molecule has 3 N–H and O–H groups in total. The molecule has 1 heterocycles. The molecule has 0 aliphatic carbocycles. The van der Waals surface area contributed by atoms with Crippen LogP contribution < -0.4 is 0 Å². The van der Waals surface area contributed by atoms with Crippen molar-refractivity contribution in [2.24, 2.45) is 0 Å². The highest BCUT2D eigenvalue weighted by atomic mass is 32.2. The smallest absolute Gasteiger partial charge is 0.273 e. The lowest BCUT2D eigenvalue weighted by Crippen LogP contribution is -2.13. The summed E-state index contributed by atoms with van der Waals surface area (Å²) in [6.45, 7) is -0.111. The summed E-state index contributed by atoms with van der Waals surface area (Å²) in [5, 5.41) is 7.55. The van der Waals surface area contributed by atoms with Gasteiger partial charge in [0.1, 0.15) is 5.25 Å². The molecule has 1 aromatic heterocycles. The second kappa shape index (κ2) is 4.54. The number of H-pyrrole nitrogens is 1. The quantitative estimate of drug-likeness (QED) is 0.611. The van der Waals surface area contributed by atoms with E-state index in [-0.39, 0.29) is 13.0 Å². The maximum Gasteiger partial charge on any atom is 0.273 e. The number of aromatic nitrogens is 2. The molecule has 0 bridgehead atoms. The van der Waals surface area contributed by atoms with Crippen LogP contribution in [0, 0.1) is 0 Å². The van der Waals surface area contributed by atoms with Crippen LogP contribution in [0.1, 0.15) is 23.8 Å². The third-order valence-electron chi connectivity index (χ3n) is 1.85. The van der Waals surface area contributed by atoms with Crippen molar-refractivity contribution in [2.75, 3.05) is 6.61 Å². The molecule has 1 atom stereocenters. The second-order valence-electron chi connectivity index (χ2n) is 2.88. The molecule has 6 nitrogen and oxygen atoms in total. The number of rotatable bonds is 5. The summed E-state index contributed by atoms with van der Waals surface area (Å²) in [6, 6.07) is 0. The lowest BCUT2D eigenvalue weighted by atomic mass is 10.2. The maximum atomic E-state index is 11.0. The minimum absolute atomic E-state index is 0.111. The van der Waals surface area contributed by atoms with Gasteiger partial charge in [0.15, 0.2) is 0 Å². The summed E-state index contributed by atoms with van der Waals surface area (Å²) in [4.78, 5) is 6.29. The van der Waals surface area contributed by atoms with E-state index in [2.05, 4.69) is 9.97 Å². The van der Waals surface area contributed by atoms with Gasteiger partial charge in [-0.1, -0.05) is 0 Å². The van der Waals surface area contributed by atoms with Crippen molar-refractivity contribution in [3.63, 3.8) is 0 Å². The Balaban J connectivity index is 2.84. The Morgan fingerprint density at radius 2 is 2.29 bits per heavy atom. The SMILES string of the molecule is O=S(=O)(O)C(CCCO)c1cnc[nH]1. The van der Waals surface area contributed by atoms with Crippen molar-refractivity contribution in [3.8, 4) is 0 Å². The molecule has 1 unspecified atom stereocenters. The predicted octanol–water partition coefficient (Wildman–Crippen LogP) is 0.111. The van der Waals surface area contributed by atoms with E-state index in [1.165, 1.54) is 12.5 Å². The highest BCUT2D eigenvalue weighted by Crippen LogP contribution is 2.24. The van der Waals surface area contributed by atoms with E-state index in [0.29, 0.717) is 12.1 Å². The molecule has 0 amide bonds. The first-order valence-corrected chi connectivity index (χ1v) is 5.61. The molecule has 0 saturated heterocycles. The fraction of sp³-hybridized carbons (Fsp3) is 0.571. The summed E-state index contributed by atoms with van der Waals surface area (Å²) in [5.74, 6) is 0. The highest BCUT2D eigenvalue weighted by Gasteiger charge is 2.25. The predicted molar refractivity (Wildman–Crippen MR) is 49.2 cm³/mol. The molecular formula is C7H12N2O4S. The molecule has 14 heavy (non-hydrogen) atoms.